The minimum atomic E-state index is 0.0972. The van der Waals surface area contributed by atoms with E-state index in [9.17, 15) is 4.79 Å². The lowest BCUT2D eigenvalue weighted by Crippen LogP contribution is -2.25. The zero-order chi connectivity index (χ0) is 12.8. The normalized spacial score (nSPS) is 10.7. The molecular weight excluding hydrogens is 244 g/mol. The van der Waals surface area contributed by atoms with Crippen molar-refractivity contribution in [3.8, 4) is 0 Å². The van der Waals surface area contributed by atoms with Gasteiger partial charge < -0.3 is 11.1 Å². The van der Waals surface area contributed by atoms with Gasteiger partial charge in [0, 0.05) is 17.7 Å². The molecule has 0 saturated heterocycles. The van der Waals surface area contributed by atoms with E-state index < -0.39 is 0 Å². The second-order valence-corrected chi connectivity index (χ2v) is 5.16. The predicted octanol–water partition coefficient (Wildman–Crippen LogP) is 2.30. The summed E-state index contributed by atoms with van der Waals surface area (Å²) in [6, 6.07) is 8.37. The summed E-state index contributed by atoms with van der Waals surface area (Å²) in [5.41, 5.74) is 6.68. The lowest BCUT2D eigenvalue weighted by Gasteiger charge is -2.04. The maximum absolute atomic E-state index is 11.4. The van der Waals surface area contributed by atoms with Crippen molar-refractivity contribution >= 4 is 27.3 Å². The molecule has 1 heterocycles. The molecule has 0 fully saturated rings. The van der Waals surface area contributed by atoms with Crippen LogP contribution in [-0.2, 0) is 11.2 Å². The van der Waals surface area contributed by atoms with Crippen molar-refractivity contribution in [2.75, 3.05) is 13.1 Å². The first-order valence-electron chi connectivity index (χ1n) is 6.23. The Kier molecular flexibility index (Phi) is 4.73. The summed E-state index contributed by atoms with van der Waals surface area (Å²) in [5.74, 6) is 0.0972. The van der Waals surface area contributed by atoms with Crippen molar-refractivity contribution in [1.29, 1.82) is 0 Å². The van der Waals surface area contributed by atoms with Gasteiger partial charge in [-0.25, -0.2) is 0 Å². The maximum Gasteiger partial charge on any atom is 0.220 e. The molecule has 1 aromatic carbocycles. The van der Waals surface area contributed by atoms with Crippen molar-refractivity contribution in [3.63, 3.8) is 0 Å². The van der Waals surface area contributed by atoms with E-state index in [4.69, 9.17) is 5.73 Å². The smallest absolute Gasteiger partial charge is 0.220 e. The van der Waals surface area contributed by atoms with Gasteiger partial charge in [-0.3, -0.25) is 4.79 Å². The SMILES string of the molecule is NCCCC(=O)NCCc1csc2ccccc12. The van der Waals surface area contributed by atoms with Crippen molar-refractivity contribution in [1.82, 2.24) is 5.32 Å². The Bertz CT molecular complexity index is 521. The van der Waals surface area contributed by atoms with E-state index in [2.05, 4.69) is 35.0 Å². The average Bonchev–Trinajstić information content (AvgIpc) is 2.80. The summed E-state index contributed by atoms with van der Waals surface area (Å²) < 4.78 is 1.31. The van der Waals surface area contributed by atoms with Crippen LogP contribution in [0, 0.1) is 0 Å². The van der Waals surface area contributed by atoms with E-state index in [-0.39, 0.29) is 5.91 Å². The number of carbonyl (C=O) groups is 1. The predicted molar refractivity (Wildman–Crippen MR) is 76.8 cm³/mol. The van der Waals surface area contributed by atoms with E-state index in [0.29, 0.717) is 19.5 Å². The molecule has 0 aliphatic rings. The minimum absolute atomic E-state index is 0.0972. The van der Waals surface area contributed by atoms with Crippen LogP contribution in [0.4, 0.5) is 0 Å². The molecule has 1 amide bonds. The number of amides is 1. The molecule has 4 heteroatoms. The molecule has 0 spiro atoms. The Hall–Kier alpha value is -1.39. The highest BCUT2D eigenvalue weighted by atomic mass is 32.1. The Morgan fingerprint density at radius 1 is 1.33 bits per heavy atom. The number of hydrogen-bond acceptors (Lipinski definition) is 3. The van der Waals surface area contributed by atoms with Gasteiger partial charge in [-0.2, -0.15) is 0 Å². The molecule has 2 rings (SSSR count). The molecule has 0 unspecified atom stereocenters. The van der Waals surface area contributed by atoms with Crippen molar-refractivity contribution in [2.24, 2.45) is 5.73 Å². The quantitative estimate of drug-likeness (QED) is 0.839. The van der Waals surface area contributed by atoms with Gasteiger partial charge in [-0.05, 0) is 41.8 Å². The van der Waals surface area contributed by atoms with Crippen LogP contribution in [0.15, 0.2) is 29.6 Å². The van der Waals surface area contributed by atoms with Crippen molar-refractivity contribution in [2.45, 2.75) is 19.3 Å². The van der Waals surface area contributed by atoms with Crippen LogP contribution in [-0.4, -0.2) is 19.0 Å². The monoisotopic (exact) mass is 262 g/mol. The second kappa shape index (κ2) is 6.52. The zero-order valence-corrected chi connectivity index (χ0v) is 11.1. The van der Waals surface area contributed by atoms with E-state index in [1.807, 2.05) is 0 Å². The molecule has 0 bridgehead atoms. The van der Waals surface area contributed by atoms with Crippen LogP contribution in [0.5, 0.6) is 0 Å². The molecule has 3 N–H and O–H groups in total. The second-order valence-electron chi connectivity index (χ2n) is 4.25. The van der Waals surface area contributed by atoms with Gasteiger partial charge in [0.15, 0.2) is 0 Å². The number of hydrogen-bond donors (Lipinski definition) is 2. The fourth-order valence-electron chi connectivity index (χ4n) is 1.91. The van der Waals surface area contributed by atoms with E-state index in [1.54, 1.807) is 11.3 Å². The average molecular weight is 262 g/mol. The summed E-state index contributed by atoms with van der Waals surface area (Å²) in [6.45, 7) is 1.27. The molecular formula is C14H18N2OS. The van der Waals surface area contributed by atoms with Crippen LogP contribution >= 0.6 is 11.3 Å². The van der Waals surface area contributed by atoms with Crippen LogP contribution < -0.4 is 11.1 Å². The first-order chi connectivity index (χ1) is 8.81. The molecule has 3 nitrogen and oxygen atoms in total. The summed E-state index contributed by atoms with van der Waals surface area (Å²) in [6.07, 6.45) is 2.17. The summed E-state index contributed by atoms with van der Waals surface area (Å²) in [7, 11) is 0. The van der Waals surface area contributed by atoms with Crippen LogP contribution in [0.3, 0.4) is 0 Å². The number of nitrogens with two attached hydrogens (primary N) is 1. The summed E-state index contributed by atoms with van der Waals surface area (Å²) in [5, 5.41) is 6.41. The van der Waals surface area contributed by atoms with Gasteiger partial charge >= 0.3 is 0 Å². The molecule has 18 heavy (non-hydrogen) atoms. The maximum atomic E-state index is 11.4. The van der Waals surface area contributed by atoms with Gasteiger partial charge in [0.25, 0.3) is 0 Å². The lowest BCUT2D eigenvalue weighted by molar-refractivity contribution is -0.121. The Labute approximate surface area is 111 Å². The molecule has 0 radical (unpaired) electrons. The first kappa shape index (κ1) is 13.1. The van der Waals surface area contributed by atoms with Gasteiger partial charge in [0.1, 0.15) is 0 Å². The number of thiophene rings is 1. The molecule has 0 aliphatic heterocycles. The van der Waals surface area contributed by atoms with Crippen LogP contribution in [0.25, 0.3) is 10.1 Å². The van der Waals surface area contributed by atoms with Crippen LogP contribution in [0.2, 0.25) is 0 Å². The van der Waals surface area contributed by atoms with Gasteiger partial charge in [0.05, 0.1) is 0 Å². The number of rotatable bonds is 6. The molecule has 1 aromatic heterocycles. The fraction of sp³-hybridized carbons (Fsp3) is 0.357. The number of benzene rings is 1. The van der Waals surface area contributed by atoms with E-state index in [1.165, 1.54) is 15.6 Å². The molecule has 0 saturated carbocycles. The highest BCUT2D eigenvalue weighted by Crippen LogP contribution is 2.25. The summed E-state index contributed by atoms with van der Waals surface area (Å²) in [4.78, 5) is 11.4. The number of fused-ring (bicyclic) bond motifs is 1. The molecule has 0 aliphatic carbocycles. The fourth-order valence-corrected chi connectivity index (χ4v) is 2.91. The number of nitrogens with one attached hydrogen (secondary N) is 1. The minimum Gasteiger partial charge on any atom is -0.356 e. The standard InChI is InChI=1S/C14H18N2OS/c15-8-3-6-14(17)16-9-7-11-10-18-13-5-2-1-4-12(11)13/h1-2,4-5,10H,3,6-9,15H2,(H,16,17). The third-order valence-corrected chi connectivity index (χ3v) is 3.90. The Balaban J connectivity index is 1.85. The van der Waals surface area contributed by atoms with Gasteiger partial charge in [-0.1, -0.05) is 18.2 Å². The first-order valence-corrected chi connectivity index (χ1v) is 7.11. The molecule has 2 aromatic rings. The van der Waals surface area contributed by atoms with Gasteiger partial charge in [-0.15, -0.1) is 11.3 Å². The van der Waals surface area contributed by atoms with Crippen molar-refractivity contribution in [3.05, 3.63) is 35.2 Å². The Morgan fingerprint density at radius 2 is 2.17 bits per heavy atom. The lowest BCUT2D eigenvalue weighted by atomic mass is 10.1. The molecule has 96 valence electrons. The molecule has 0 atom stereocenters. The number of carbonyl (C=O) groups excluding carboxylic acids is 1. The van der Waals surface area contributed by atoms with Crippen LogP contribution in [0.1, 0.15) is 18.4 Å². The largest absolute Gasteiger partial charge is 0.356 e. The zero-order valence-electron chi connectivity index (χ0n) is 10.3. The third-order valence-electron chi connectivity index (χ3n) is 2.89. The topological polar surface area (TPSA) is 55.1 Å². The van der Waals surface area contributed by atoms with E-state index in [0.717, 1.165) is 12.8 Å². The highest BCUT2D eigenvalue weighted by Gasteiger charge is 2.04. The third kappa shape index (κ3) is 3.31. The van der Waals surface area contributed by atoms with Crippen molar-refractivity contribution < 1.29 is 4.79 Å². The van der Waals surface area contributed by atoms with Gasteiger partial charge in [0.2, 0.25) is 5.91 Å². The summed E-state index contributed by atoms with van der Waals surface area (Å²) >= 11 is 1.76. The Morgan fingerprint density at radius 3 is 3.00 bits per heavy atom. The highest BCUT2D eigenvalue weighted by molar-refractivity contribution is 7.17. The van der Waals surface area contributed by atoms with E-state index >= 15 is 0 Å².